The number of hydrogen-bond donors (Lipinski definition) is 0. The molecule has 0 N–H and O–H groups in total. The van der Waals surface area contributed by atoms with Gasteiger partial charge in [-0.2, -0.15) is 0 Å². The summed E-state index contributed by atoms with van der Waals surface area (Å²) in [7, 11) is 12.2. The van der Waals surface area contributed by atoms with Crippen molar-refractivity contribution in [3.63, 3.8) is 0 Å². The molecule has 0 fully saturated rings. The van der Waals surface area contributed by atoms with Gasteiger partial charge in [-0.05, 0) is 92.4 Å². The van der Waals surface area contributed by atoms with Gasteiger partial charge >= 0.3 is 74.6 Å². The Bertz CT molecular complexity index is 2130. The van der Waals surface area contributed by atoms with Crippen LogP contribution < -0.4 is 15.3 Å². The van der Waals surface area contributed by atoms with Crippen LogP contribution in [-0.2, 0) is 40.1 Å². The Balaban J connectivity index is 0.000000182. The molecule has 0 saturated carbocycles. The molecule has 61 heavy (non-hydrogen) atoms. The van der Waals surface area contributed by atoms with E-state index in [0.29, 0.717) is 5.41 Å². The van der Waals surface area contributed by atoms with Crippen molar-refractivity contribution in [2.75, 3.05) is 42.3 Å². The molecule has 0 atom stereocenters. The first kappa shape index (κ1) is 48.5. The zero-order valence-electron chi connectivity index (χ0n) is 37.4. The zero-order valence-corrected chi connectivity index (χ0v) is 39.0. The summed E-state index contributed by atoms with van der Waals surface area (Å²) in [6, 6.07) is 45.7. The molecule has 6 aromatic carbocycles. The Hall–Kier alpha value is -5.21. The maximum atomic E-state index is 11.8. The average Bonchev–Trinajstić information content (AvgIpc) is 3.66. The molecule has 1 aliphatic carbocycles. The van der Waals surface area contributed by atoms with Crippen LogP contribution in [0.2, 0.25) is 0 Å². The maximum absolute atomic E-state index is 11.8. The summed E-state index contributed by atoms with van der Waals surface area (Å²) in [5, 5.41) is 35.5. The second kappa shape index (κ2) is 23.7. The van der Waals surface area contributed by atoms with E-state index in [0.717, 1.165) is 59.4 Å². The van der Waals surface area contributed by atoms with Gasteiger partial charge in [0.05, 0.1) is 0 Å². The first-order valence-corrected chi connectivity index (χ1v) is 21.4. The van der Waals surface area contributed by atoms with Crippen molar-refractivity contribution in [2.24, 2.45) is 5.41 Å². The van der Waals surface area contributed by atoms with Crippen molar-refractivity contribution in [1.29, 1.82) is 0 Å². The topological polar surface area (TPSA) is 78.9 Å². The predicted octanol–water partition coefficient (Wildman–Crippen LogP) is 10.3. The molecule has 6 aromatic rings. The summed E-state index contributed by atoms with van der Waals surface area (Å²) in [5.74, 6) is 0.246. The molecular weight excluding hydrogens is 786 g/mol. The summed E-state index contributed by atoms with van der Waals surface area (Å²) in [6.45, 7) is 9.31. The minimum absolute atomic E-state index is 0.0821. The van der Waals surface area contributed by atoms with Crippen molar-refractivity contribution in [3.05, 3.63) is 184 Å². The predicted molar refractivity (Wildman–Crippen MR) is 246 cm³/mol. The molecule has 0 unspecified atom stereocenters. The fourth-order valence-corrected chi connectivity index (χ4v) is 7.96. The van der Waals surface area contributed by atoms with Gasteiger partial charge in [0.15, 0.2) is 0 Å². The largest absolute Gasteiger partial charge is 0.872 e. The Morgan fingerprint density at radius 2 is 0.689 bits per heavy atom. The van der Waals surface area contributed by atoms with Gasteiger partial charge in [0, 0.05) is 19.6 Å². The van der Waals surface area contributed by atoms with Crippen LogP contribution >= 0.6 is 0 Å². The summed E-state index contributed by atoms with van der Waals surface area (Å²) in [6.07, 6.45) is 5.66. The van der Waals surface area contributed by atoms with Gasteiger partial charge in [0.2, 0.25) is 0 Å². The van der Waals surface area contributed by atoms with Gasteiger partial charge in [-0.25, -0.2) is 0 Å². The summed E-state index contributed by atoms with van der Waals surface area (Å²) in [4.78, 5) is 6.31. The van der Waals surface area contributed by atoms with Crippen molar-refractivity contribution >= 4 is 0 Å². The Labute approximate surface area is 377 Å². The zero-order chi connectivity index (χ0) is 44.5. The van der Waals surface area contributed by atoms with Gasteiger partial charge in [-0.3, -0.25) is 0 Å². The molecule has 1 aliphatic rings. The molecule has 0 amide bonds. The van der Waals surface area contributed by atoms with Crippen LogP contribution in [0.15, 0.2) is 167 Å². The van der Waals surface area contributed by atoms with E-state index in [9.17, 15) is 15.3 Å². The number of allylic oxidation sites excluding steroid dienone is 4. The molecule has 0 spiro atoms. The van der Waals surface area contributed by atoms with Crippen molar-refractivity contribution in [2.45, 2.75) is 46.8 Å². The summed E-state index contributed by atoms with van der Waals surface area (Å²) >= 11 is 2.22. The standard InChI is InChI=1S/3C15H17NO.C9H13.Ti/c3*1-16(2)11-12-7-3-4-8-13(12)14-9-5-6-10-15(14)17;1-9(2,3)8-6-4-5-7-8;/h3*3-10,17H,11H2,1-2H3;4,6H,5H2,1-3H3;/q;;;;+3/p-3. The molecule has 0 aromatic heterocycles. The molecular formula is C54H61N3O3Ti. The third kappa shape index (κ3) is 15.0. The van der Waals surface area contributed by atoms with Crippen molar-refractivity contribution in [3.8, 4) is 50.6 Å². The third-order valence-electron chi connectivity index (χ3n) is 9.78. The SMILES string of the molecule is CC(C)(C)C1=[C]([Ti+3])CC=C1.CN(C)Cc1ccccc1-c1ccccc1[O-].CN(C)Cc1ccccc1-c1ccccc1[O-].CN(C)Cc1ccccc1-c1ccccc1[O-]. The van der Waals surface area contributed by atoms with E-state index >= 15 is 0 Å². The third-order valence-corrected chi connectivity index (χ3v) is 10.5. The van der Waals surface area contributed by atoms with E-state index in [1.54, 1.807) is 36.4 Å². The number of hydrogen-bond acceptors (Lipinski definition) is 6. The van der Waals surface area contributed by atoms with Crippen LogP contribution in [0, 0.1) is 5.41 Å². The van der Waals surface area contributed by atoms with Gasteiger partial charge in [-0.15, -0.1) is 17.2 Å². The number of rotatable bonds is 9. The molecule has 0 radical (unpaired) electrons. The van der Waals surface area contributed by atoms with Gasteiger partial charge in [-0.1, -0.05) is 146 Å². The Kier molecular flexibility index (Phi) is 18.8. The maximum Gasteiger partial charge on any atom is 0.0233 e. The Morgan fingerprint density at radius 3 is 0.902 bits per heavy atom. The first-order valence-electron chi connectivity index (χ1n) is 20.7. The van der Waals surface area contributed by atoms with E-state index in [4.69, 9.17) is 0 Å². The molecule has 314 valence electrons. The summed E-state index contributed by atoms with van der Waals surface area (Å²) in [5.41, 5.74) is 10.9. The normalized spacial score (nSPS) is 12.1. The summed E-state index contributed by atoms with van der Waals surface area (Å²) < 4.78 is 1.53. The van der Waals surface area contributed by atoms with Crippen LogP contribution in [0.4, 0.5) is 0 Å². The fourth-order valence-electron chi connectivity index (χ4n) is 7.06. The molecule has 0 saturated heterocycles. The van der Waals surface area contributed by atoms with E-state index in [1.165, 1.54) is 26.1 Å². The quantitative estimate of drug-likeness (QED) is 0.135. The van der Waals surface area contributed by atoms with E-state index < -0.39 is 0 Å². The van der Waals surface area contributed by atoms with Gasteiger partial charge < -0.3 is 30.0 Å². The van der Waals surface area contributed by atoms with Crippen LogP contribution in [0.3, 0.4) is 0 Å². The van der Waals surface area contributed by atoms with Crippen LogP contribution in [0.5, 0.6) is 17.2 Å². The van der Waals surface area contributed by atoms with Crippen LogP contribution in [-0.4, -0.2) is 57.0 Å². The first-order chi connectivity index (χ1) is 29.1. The Morgan fingerprint density at radius 1 is 0.426 bits per heavy atom. The van der Waals surface area contributed by atoms with Crippen LogP contribution in [0.25, 0.3) is 33.4 Å². The molecule has 0 bridgehead atoms. The average molecular weight is 848 g/mol. The van der Waals surface area contributed by atoms with Gasteiger partial charge in [0.25, 0.3) is 0 Å². The molecule has 7 rings (SSSR count). The number of benzene rings is 6. The second-order valence-electron chi connectivity index (χ2n) is 16.9. The molecule has 6 nitrogen and oxygen atoms in total. The van der Waals surface area contributed by atoms with E-state index in [-0.39, 0.29) is 17.2 Å². The second-order valence-corrected chi connectivity index (χ2v) is 17.9. The van der Waals surface area contributed by atoms with Crippen molar-refractivity contribution < 1.29 is 35.8 Å². The van der Waals surface area contributed by atoms with Crippen LogP contribution in [0.1, 0.15) is 43.9 Å². The minimum Gasteiger partial charge on any atom is -0.872 e. The molecule has 0 aliphatic heterocycles. The molecule has 7 heteroatoms. The fraction of sp³-hybridized carbons (Fsp3) is 0.259. The number of para-hydroxylation sites is 3. The number of nitrogens with zero attached hydrogens (tertiary/aromatic N) is 3. The smallest absolute Gasteiger partial charge is 0.0233 e. The van der Waals surface area contributed by atoms with Gasteiger partial charge in [0.1, 0.15) is 0 Å². The monoisotopic (exact) mass is 847 g/mol. The van der Waals surface area contributed by atoms with E-state index in [2.05, 4.69) is 86.3 Å². The van der Waals surface area contributed by atoms with E-state index in [1.807, 2.05) is 133 Å². The van der Waals surface area contributed by atoms with Crippen molar-refractivity contribution in [1.82, 2.24) is 14.7 Å². The minimum atomic E-state index is 0.0821. The molecule has 0 heterocycles.